The number of ketones is 1. The van der Waals surface area contributed by atoms with Crippen molar-refractivity contribution in [3.63, 3.8) is 0 Å². The molecule has 1 aromatic carbocycles. The Morgan fingerprint density at radius 3 is 2.58 bits per heavy atom. The van der Waals surface area contributed by atoms with Crippen molar-refractivity contribution in [3.05, 3.63) is 44.9 Å². The summed E-state index contributed by atoms with van der Waals surface area (Å²) in [5, 5.41) is 3.64. The predicted octanol–water partition coefficient (Wildman–Crippen LogP) is 3.90. The van der Waals surface area contributed by atoms with Gasteiger partial charge in [0.1, 0.15) is 0 Å². The Hall–Kier alpha value is -1.43. The molecule has 0 radical (unpaired) electrons. The summed E-state index contributed by atoms with van der Waals surface area (Å²) in [5.41, 5.74) is 0.369. The van der Waals surface area contributed by atoms with Crippen LogP contribution in [0.5, 0.6) is 0 Å². The Morgan fingerprint density at radius 2 is 2.00 bits per heavy atom. The third kappa shape index (κ3) is 3.32. The number of carbonyl (C=O) groups excluding carboxylic acids is 2. The van der Waals surface area contributed by atoms with Crippen LogP contribution in [0, 0.1) is 0 Å². The fraction of sp³-hybridized carbons (Fsp3) is 0.0833. The molecule has 1 aromatic heterocycles. The minimum Gasteiger partial charge on any atom is -0.298 e. The van der Waals surface area contributed by atoms with E-state index in [0.717, 1.165) is 11.3 Å². The highest BCUT2D eigenvalue weighted by atomic mass is 35.5. The number of rotatable bonds is 3. The molecule has 7 heteroatoms. The quantitative estimate of drug-likeness (QED) is 0.874. The lowest BCUT2D eigenvalue weighted by molar-refractivity contribution is 0.101. The first-order valence-corrected chi connectivity index (χ1v) is 6.78. The molecule has 19 heavy (non-hydrogen) atoms. The Bertz CT molecular complexity index is 655. The van der Waals surface area contributed by atoms with Gasteiger partial charge in [0.15, 0.2) is 10.9 Å². The van der Waals surface area contributed by atoms with Gasteiger partial charge >= 0.3 is 0 Å². The van der Waals surface area contributed by atoms with E-state index >= 15 is 0 Å². The molecule has 0 saturated carbocycles. The molecule has 4 nitrogen and oxygen atoms in total. The van der Waals surface area contributed by atoms with Crippen LogP contribution in [0.4, 0.5) is 5.13 Å². The Morgan fingerprint density at radius 1 is 1.26 bits per heavy atom. The van der Waals surface area contributed by atoms with Gasteiger partial charge in [-0.05, 0) is 18.2 Å². The van der Waals surface area contributed by atoms with Gasteiger partial charge in [-0.25, -0.2) is 4.98 Å². The highest BCUT2D eigenvalue weighted by Gasteiger charge is 2.12. The van der Waals surface area contributed by atoms with E-state index < -0.39 is 0 Å². The highest BCUT2D eigenvalue weighted by molar-refractivity contribution is 7.17. The zero-order valence-electron chi connectivity index (χ0n) is 9.74. The maximum absolute atomic E-state index is 11.9. The number of Topliss-reactive ketones (excluding diaryl/α,β-unsaturated/α-hetero) is 1. The average molecular weight is 315 g/mol. The molecule has 0 fully saturated rings. The Labute approximate surface area is 123 Å². The number of hydrogen-bond donors (Lipinski definition) is 1. The van der Waals surface area contributed by atoms with Gasteiger partial charge in [-0.3, -0.25) is 14.9 Å². The zero-order chi connectivity index (χ0) is 14.0. The fourth-order valence-electron chi connectivity index (χ4n) is 1.30. The summed E-state index contributed by atoms with van der Waals surface area (Å²) >= 11 is 12.7. The van der Waals surface area contributed by atoms with Crippen LogP contribution in [0.2, 0.25) is 10.0 Å². The lowest BCUT2D eigenvalue weighted by atomic mass is 10.2. The molecule has 0 aliphatic heterocycles. The van der Waals surface area contributed by atoms with E-state index in [1.807, 2.05) is 0 Å². The van der Waals surface area contributed by atoms with Gasteiger partial charge in [0.2, 0.25) is 0 Å². The van der Waals surface area contributed by atoms with E-state index in [1.165, 1.54) is 19.2 Å². The monoisotopic (exact) mass is 314 g/mol. The van der Waals surface area contributed by atoms with E-state index in [4.69, 9.17) is 23.2 Å². The van der Waals surface area contributed by atoms with Crippen molar-refractivity contribution in [2.24, 2.45) is 0 Å². The molecule has 0 bridgehead atoms. The van der Waals surface area contributed by atoms with Crippen molar-refractivity contribution in [3.8, 4) is 0 Å². The maximum Gasteiger partial charge on any atom is 0.257 e. The van der Waals surface area contributed by atoms with Crippen molar-refractivity contribution in [1.82, 2.24) is 4.98 Å². The smallest absolute Gasteiger partial charge is 0.257 e. The summed E-state index contributed by atoms with van der Waals surface area (Å²) in [7, 11) is 0. The van der Waals surface area contributed by atoms with Gasteiger partial charge < -0.3 is 0 Å². The maximum atomic E-state index is 11.9. The lowest BCUT2D eigenvalue weighted by Gasteiger charge is -2.02. The molecular weight excluding hydrogens is 307 g/mol. The first-order valence-electron chi connectivity index (χ1n) is 5.20. The van der Waals surface area contributed by atoms with Crippen molar-refractivity contribution >= 4 is 51.4 Å². The summed E-state index contributed by atoms with van der Waals surface area (Å²) in [6, 6.07) is 4.57. The van der Waals surface area contributed by atoms with Gasteiger partial charge in [-0.1, -0.05) is 34.5 Å². The first-order chi connectivity index (χ1) is 8.97. The first kappa shape index (κ1) is 14.0. The third-order valence-electron chi connectivity index (χ3n) is 2.25. The molecule has 0 spiro atoms. The second-order valence-electron chi connectivity index (χ2n) is 3.67. The van der Waals surface area contributed by atoms with Crippen LogP contribution in [0.3, 0.4) is 0 Å². The fourth-order valence-corrected chi connectivity index (χ4v) is 2.31. The molecule has 0 saturated heterocycles. The summed E-state index contributed by atoms with van der Waals surface area (Å²) in [4.78, 5) is 27.5. The van der Waals surface area contributed by atoms with Crippen LogP contribution in [0.25, 0.3) is 0 Å². The largest absolute Gasteiger partial charge is 0.298 e. The number of benzene rings is 1. The van der Waals surface area contributed by atoms with Crippen LogP contribution in [-0.2, 0) is 0 Å². The number of hydrogen-bond acceptors (Lipinski definition) is 4. The average Bonchev–Trinajstić information content (AvgIpc) is 2.81. The molecular formula is C12H8Cl2N2O2S. The van der Waals surface area contributed by atoms with Crippen LogP contribution >= 0.6 is 34.5 Å². The molecule has 1 N–H and O–H groups in total. The molecule has 2 rings (SSSR count). The van der Waals surface area contributed by atoms with E-state index in [0.29, 0.717) is 25.6 Å². The summed E-state index contributed by atoms with van der Waals surface area (Å²) in [5.74, 6) is -0.449. The number of anilines is 1. The number of aromatic nitrogens is 1. The molecule has 2 aromatic rings. The Kier molecular flexibility index (Phi) is 4.19. The third-order valence-corrected chi connectivity index (χ3v) is 4.01. The molecule has 0 aliphatic rings. The van der Waals surface area contributed by atoms with Gasteiger partial charge in [-0.2, -0.15) is 0 Å². The molecule has 1 heterocycles. The van der Waals surface area contributed by atoms with Gasteiger partial charge in [0, 0.05) is 12.5 Å². The van der Waals surface area contributed by atoms with Crippen LogP contribution < -0.4 is 5.32 Å². The van der Waals surface area contributed by atoms with E-state index in [9.17, 15) is 9.59 Å². The number of amides is 1. The number of thiazole rings is 1. The van der Waals surface area contributed by atoms with Crippen molar-refractivity contribution in [1.29, 1.82) is 0 Å². The van der Waals surface area contributed by atoms with Crippen molar-refractivity contribution < 1.29 is 9.59 Å². The number of nitrogens with zero attached hydrogens (tertiary/aromatic N) is 1. The number of halogens is 2. The van der Waals surface area contributed by atoms with E-state index in [2.05, 4.69) is 10.3 Å². The number of carbonyl (C=O) groups is 2. The SMILES string of the molecule is CC(=O)c1cnc(NC(=O)c2ccc(Cl)c(Cl)c2)s1. The zero-order valence-corrected chi connectivity index (χ0v) is 12.1. The van der Waals surface area contributed by atoms with Crippen molar-refractivity contribution in [2.45, 2.75) is 6.92 Å². The highest BCUT2D eigenvalue weighted by Crippen LogP contribution is 2.24. The molecule has 0 atom stereocenters. The Balaban J connectivity index is 2.15. The van der Waals surface area contributed by atoms with Gasteiger partial charge in [0.25, 0.3) is 5.91 Å². The van der Waals surface area contributed by atoms with Gasteiger partial charge in [-0.15, -0.1) is 0 Å². The molecule has 98 valence electrons. The number of nitrogens with one attached hydrogen (secondary N) is 1. The van der Waals surface area contributed by atoms with Gasteiger partial charge in [0.05, 0.1) is 21.1 Å². The lowest BCUT2D eigenvalue weighted by Crippen LogP contribution is -2.11. The topological polar surface area (TPSA) is 59.1 Å². The normalized spacial score (nSPS) is 10.3. The minimum absolute atomic E-state index is 0.0902. The second-order valence-corrected chi connectivity index (χ2v) is 5.51. The van der Waals surface area contributed by atoms with Crippen LogP contribution in [-0.4, -0.2) is 16.7 Å². The second kappa shape index (κ2) is 5.69. The summed E-state index contributed by atoms with van der Waals surface area (Å²) in [6.07, 6.45) is 1.43. The van der Waals surface area contributed by atoms with Crippen LogP contribution in [0.1, 0.15) is 27.0 Å². The summed E-state index contributed by atoms with van der Waals surface area (Å²) in [6.45, 7) is 1.44. The molecule has 0 aliphatic carbocycles. The predicted molar refractivity (Wildman–Crippen MR) is 76.5 cm³/mol. The standard InChI is InChI=1S/C12H8Cl2N2O2S/c1-6(17)10-5-15-12(19-10)16-11(18)7-2-3-8(13)9(14)4-7/h2-5H,1H3,(H,15,16,18). The van der Waals surface area contributed by atoms with E-state index in [-0.39, 0.29) is 11.7 Å². The van der Waals surface area contributed by atoms with E-state index in [1.54, 1.807) is 12.1 Å². The minimum atomic E-state index is -0.358. The van der Waals surface area contributed by atoms with Crippen molar-refractivity contribution in [2.75, 3.05) is 5.32 Å². The van der Waals surface area contributed by atoms with Crippen LogP contribution in [0.15, 0.2) is 24.4 Å². The summed E-state index contributed by atoms with van der Waals surface area (Å²) < 4.78 is 0. The molecule has 0 unspecified atom stereocenters. The molecule has 1 amide bonds.